The van der Waals surface area contributed by atoms with Crippen LogP contribution in [0.25, 0.3) is 0 Å². The molecule has 0 atom stereocenters. The summed E-state index contributed by atoms with van der Waals surface area (Å²) in [6.45, 7) is 0. The number of alkyl halides is 24. The highest BCUT2D eigenvalue weighted by molar-refractivity contribution is 7.98. The van der Waals surface area contributed by atoms with Gasteiger partial charge in [-0.1, -0.05) is 103 Å². The van der Waals surface area contributed by atoms with Crippen molar-refractivity contribution < 1.29 is 110 Å². The Bertz CT molecular complexity index is 2930. The van der Waals surface area contributed by atoms with Crippen molar-refractivity contribution in [2.45, 2.75) is 69.0 Å². The fourth-order valence-corrected chi connectivity index (χ4v) is 11.6. The summed E-state index contributed by atoms with van der Waals surface area (Å²) in [5.41, 5.74) is -29.5. The molecule has 7 aromatic rings. The van der Waals surface area contributed by atoms with Gasteiger partial charge in [0.1, 0.15) is 6.15 Å². The van der Waals surface area contributed by atoms with E-state index < -0.39 is 206 Å². The second-order valence-electron chi connectivity index (χ2n) is 17.5. The van der Waals surface area contributed by atoms with Crippen molar-refractivity contribution in [2.24, 2.45) is 0 Å². The van der Waals surface area contributed by atoms with Crippen LogP contribution in [0.2, 0.25) is 0 Å². The minimum atomic E-state index is -6.13. The van der Waals surface area contributed by atoms with Crippen LogP contribution in [0.1, 0.15) is 54.9 Å². The van der Waals surface area contributed by atoms with E-state index in [2.05, 4.69) is 25.3 Å². The molecule has 0 aliphatic heterocycles. The van der Waals surface area contributed by atoms with Gasteiger partial charge in [-0.3, -0.25) is 4.79 Å². The first-order chi connectivity index (χ1) is 36.9. The van der Waals surface area contributed by atoms with Crippen molar-refractivity contribution >= 4 is 69.9 Å². The van der Waals surface area contributed by atoms with E-state index in [0.717, 1.165) is 25.1 Å². The molecule has 0 amide bonds. The Hall–Kier alpha value is -6.36. The third-order valence-electron chi connectivity index (χ3n) is 12.1. The number of carbonyl (C=O) groups is 1. The molecule has 1 nitrogen and oxygen atoms in total. The topological polar surface area (TPSA) is 17.1 Å². The van der Waals surface area contributed by atoms with Crippen LogP contribution in [0.3, 0.4) is 0 Å². The van der Waals surface area contributed by atoms with Crippen LogP contribution in [0.15, 0.2) is 171 Å². The summed E-state index contributed by atoms with van der Waals surface area (Å²) < 4.78 is 341. The van der Waals surface area contributed by atoms with E-state index in [0.29, 0.717) is 5.75 Å². The maximum absolute atomic E-state index is 14.2. The van der Waals surface area contributed by atoms with E-state index in [1.807, 2.05) is 78.9 Å². The third kappa shape index (κ3) is 14.8. The molecule has 432 valence electrons. The molecule has 0 aliphatic rings. The van der Waals surface area contributed by atoms with Crippen molar-refractivity contribution in [3.05, 3.63) is 202 Å². The van der Waals surface area contributed by atoms with Gasteiger partial charge in [-0.25, -0.2) is 0 Å². The molecule has 0 aliphatic carbocycles. The maximum Gasteiger partial charge on any atom is 0.416 e. The smallest absolute Gasteiger partial charge is 0.289 e. The van der Waals surface area contributed by atoms with Crippen LogP contribution < -0.4 is 21.9 Å². The van der Waals surface area contributed by atoms with Crippen LogP contribution in [-0.4, -0.2) is 17.7 Å². The molecular weight excluding hydrogens is 1200 g/mol. The summed E-state index contributed by atoms with van der Waals surface area (Å²) in [6.07, 6.45) is -54.8. The van der Waals surface area contributed by atoms with Gasteiger partial charge in [-0.05, 0) is 48.5 Å². The van der Waals surface area contributed by atoms with E-state index in [1.165, 1.54) is 0 Å². The highest BCUT2D eigenvalue weighted by Gasteiger charge is 2.47. The zero-order valence-corrected chi connectivity index (χ0v) is 42.1. The second kappa shape index (κ2) is 22.8. The molecule has 29 heteroatoms. The molecule has 0 bridgehead atoms. The first-order valence-electron chi connectivity index (χ1n) is 22.1. The first-order valence-corrected chi connectivity index (χ1v) is 24.4. The Kier molecular flexibility index (Phi) is 17.9. The Balaban J connectivity index is 0.000000363. The van der Waals surface area contributed by atoms with E-state index in [9.17, 15) is 110 Å². The lowest BCUT2D eigenvalue weighted by Crippen LogP contribution is -2.75. The first kappa shape index (κ1) is 63.8. The SMILES string of the molecule is FC(F)(F)c1cc([B-](c2cc(C(F)(F)F)cc(C(F)(F)F)c2)(c2cc(C(F)(F)F)cc(C(F)(F)F)c2)c2cc(C(F)(F)F)cc(C(F)(F)F)c2)cc(C(F)(F)F)c1.O=C(C[S+](c1ccccc1S)c1ccccc1S)c1ccccc1. The zero-order chi connectivity index (χ0) is 60.9. The molecule has 0 spiro atoms. The Morgan fingerprint density at radius 1 is 0.321 bits per heavy atom. The summed E-state index contributed by atoms with van der Waals surface area (Å²) in [5, 5.41) is 0. The Morgan fingerprint density at radius 3 is 0.741 bits per heavy atom. The highest BCUT2D eigenvalue weighted by Crippen LogP contribution is 2.42. The standard InChI is InChI=1S/C32H12BF24.C20H16OS3/c34-25(35,36)13-1-14(26(37,38)39)6-21(5-13)33(22-7-15(27(40,41)42)2-16(8-22)28(43,44)45,23-9-17(29(46,47)48)3-18(10-23)30(49,50)51)24-11-19(31(52,53)54)4-20(12-24)32(55,56)57;21-16(15-8-2-1-3-9-15)14-24(19-12-6-4-10-17(19)22)20-13-7-5-11-18(20)23/h1-12H;1-13H,14H2,(H-,22,23)/q-1;/p+1. The highest BCUT2D eigenvalue weighted by atomic mass is 32.2. The zero-order valence-electron chi connectivity index (χ0n) is 39.5. The van der Waals surface area contributed by atoms with Gasteiger partial charge in [0.2, 0.25) is 5.78 Å². The van der Waals surface area contributed by atoms with Gasteiger partial charge in [0.15, 0.2) is 15.5 Å². The van der Waals surface area contributed by atoms with Crippen molar-refractivity contribution in [1.82, 2.24) is 0 Å². The van der Waals surface area contributed by atoms with Gasteiger partial charge in [-0.2, -0.15) is 127 Å². The van der Waals surface area contributed by atoms with Crippen LogP contribution in [0.5, 0.6) is 0 Å². The molecule has 81 heavy (non-hydrogen) atoms. The largest absolute Gasteiger partial charge is 0.416 e. The summed E-state index contributed by atoms with van der Waals surface area (Å²) >= 11 is 9.20. The molecule has 7 aromatic carbocycles. The molecule has 7 rings (SSSR count). The normalized spacial score (nSPS) is 13.3. The van der Waals surface area contributed by atoms with Crippen LogP contribution in [0.4, 0.5) is 105 Å². The predicted octanol–water partition coefficient (Wildman–Crippen LogP) is 16.4. The number of ketones is 1. The number of rotatable bonds is 9. The van der Waals surface area contributed by atoms with Gasteiger partial charge >= 0.3 is 49.4 Å². The third-order valence-corrected chi connectivity index (χ3v) is 15.5. The lowest BCUT2D eigenvalue weighted by molar-refractivity contribution is -0.144. The summed E-state index contributed by atoms with van der Waals surface area (Å²) in [6, 6.07) is 16.5. The molecule has 0 fully saturated rings. The minimum absolute atomic E-state index is 0.132. The summed E-state index contributed by atoms with van der Waals surface area (Å²) in [4.78, 5) is 16.7. The number of carbonyl (C=O) groups excluding carboxylic acids is 1. The van der Waals surface area contributed by atoms with Crippen molar-refractivity contribution in [3.8, 4) is 0 Å². The number of benzene rings is 7. The summed E-state index contributed by atoms with van der Waals surface area (Å²) in [5.74, 6) is 0.547. The lowest BCUT2D eigenvalue weighted by Gasteiger charge is -2.46. The number of Topliss-reactive ketones (excluding diaryl/α,β-unsaturated/α-hetero) is 1. The Morgan fingerprint density at radius 2 is 0.531 bits per heavy atom. The van der Waals surface area contributed by atoms with Gasteiger partial charge < -0.3 is 0 Å². The number of hydrogen-bond donors (Lipinski definition) is 2. The van der Waals surface area contributed by atoms with Gasteiger partial charge in [0.25, 0.3) is 0 Å². The molecular formula is C52H29BF24OS3. The van der Waals surface area contributed by atoms with E-state index in [-0.39, 0.29) is 5.78 Å². The van der Waals surface area contributed by atoms with Crippen LogP contribution >= 0.6 is 25.3 Å². The van der Waals surface area contributed by atoms with Crippen LogP contribution in [-0.2, 0) is 60.3 Å². The quantitative estimate of drug-likeness (QED) is 0.0484. The molecule has 0 N–H and O–H groups in total. The average molecular weight is 1230 g/mol. The molecule has 0 aromatic heterocycles. The molecule has 0 saturated heterocycles. The minimum Gasteiger partial charge on any atom is -0.289 e. The van der Waals surface area contributed by atoms with E-state index in [4.69, 9.17) is 0 Å². The number of halogens is 24. The maximum atomic E-state index is 14.2. The molecule has 0 radical (unpaired) electrons. The van der Waals surface area contributed by atoms with Crippen LogP contribution in [0, 0.1) is 0 Å². The molecule has 0 saturated carbocycles. The van der Waals surface area contributed by atoms with Crippen molar-refractivity contribution in [2.75, 3.05) is 5.75 Å². The predicted molar refractivity (Wildman–Crippen MR) is 257 cm³/mol. The van der Waals surface area contributed by atoms with Gasteiger partial charge in [0, 0.05) is 5.56 Å². The van der Waals surface area contributed by atoms with Crippen molar-refractivity contribution in [1.29, 1.82) is 0 Å². The van der Waals surface area contributed by atoms with Gasteiger partial charge in [-0.15, -0.1) is 25.3 Å². The fraction of sp³-hybridized carbons (Fsp3) is 0.173. The lowest BCUT2D eigenvalue weighted by atomic mass is 9.12. The second-order valence-corrected chi connectivity index (χ2v) is 20.4. The van der Waals surface area contributed by atoms with E-state index >= 15 is 0 Å². The number of hydrogen-bond acceptors (Lipinski definition) is 3. The average Bonchev–Trinajstić information content (AvgIpc) is 3.48. The molecule has 0 heterocycles. The molecule has 0 unspecified atom stereocenters. The Labute approximate surface area is 455 Å². The summed E-state index contributed by atoms with van der Waals surface area (Å²) in [7, 11) is -0.407. The number of thiol groups is 2. The van der Waals surface area contributed by atoms with E-state index in [1.54, 1.807) is 0 Å². The fourth-order valence-electron chi connectivity index (χ4n) is 8.51. The monoisotopic (exact) mass is 1230 g/mol. The van der Waals surface area contributed by atoms with Crippen molar-refractivity contribution in [3.63, 3.8) is 0 Å². The van der Waals surface area contributed by atoms with Gasteiger partial charge in [0.05, 0.1) is 65.2 Å².